The highest BCUT2D eigenvalue weighted by atomic mass is 35.5. The second-order valence-electron chi connectivity index (χ2n) is 6.59. The second-order valence-corrected chi connectivity index (χ2v) is 7.00. The van der Waals surface area contributed by atoms with Gasteiger partial charge in [0.25, 0.3) is 0 Å². The molecule has 1 aromatic carbocycles. The number of ether oxygens (including phenoxy) is 2. The summed E-state index contributed by atoms with van der Waals surface area (Å²) >= 11 is 6.07. The molecule has 2 fully saturated rings. The first-order valence-corrected chi connectivity index (χ1v) is 9.06. The largest absolute Gasteiger partial charge is 0.495 e. The van der Waals surface area contributed by atoms with Gasteiger partial charge >= 0.3 is 0 Å². The number of amides is 3. The van der Waals surface area contributed by atoms with E-state index in [1.54, 1.807) is 21.9 Å². The molecule has 9 heteroatoms. The average molecular weight is 396 g/mol. The zero-order chi connectivity index (χ0) is 19.6. The van der Waals surface area contributed by atoms with Gasteiger partial charge in [-0.05, 0) is 6.42 Å². The molecule has 1 aromatic rings. The van der Waals surface area contributed by atoms with Crippen LogP contribution in [0, 0.1) is 11.8 Å². The van der Waals surface area contributed by atoms with E-state index in [9.17, 15) is 14.4 Å². The number of rotatable bonds is 6. The molecule has 8 nitrogen and oxygen atoms in total. The Morgan fingerprint density at radius 2 is 1.78 bits per heavy atom. The predicted molar refractivity (Wildman–Crippen MR) is 99.0 cm³/mol. The monoisotopic (exact) mass is 395 g/mol. The Bertz CT molecular complexity index is 749. The van der Waals surface area contributed by atoms with Gasteiger partial charge in [0.2, 0.25) is 18.2 Å². The van der Waals surface area contributed by atoms with Crippen LogP contribution in [0.5, 0.6) is 11.5 Å². The SMILES string of the molecule is COc1cc(NC(=O)C2CC2C(=O)N2CCN(C=O)CC2)c(OC)cc1Cl. The van der Waals surface area contributed by atoms with Crippen LogP contribution in [0.15, 0.2) is 12.1 Å². The van der Waals surface area contributed by atoms with Crippen molar-refractivity contribution < 1.29 is 23.9 Å². The second kappa shape index (κ2) is 8.04. The fraction of sp³-hybridized carbons (Fsp3) is 0.500. The van der Waals surface area contributed by atoms with Crippen LogP contribution in [-0.4, -0.2) is 68.4 Å². The van der Waals surface area contributed by atoms with Crippen molar-refractivity contribution in [1.82, 2.24) is 9.80 Å². The molecule has 0 spiro atoms. The summed E-state index contributed by atoms with van der Waals surface area (Å²) in [7, 11) is 2.97. The first-order chi connectivity index (χ1) is 13.0. The normalized spacial score (nSPS) is 21.4. The molecule has 2 aliphatic rings. The van der Waals surface area contributed by atoms with E-state index in [1.807, 2.05) is 0 Å². The zero-order valence-corrected chi connectivity index (χ0v) is 16.0. The Kier molecular flexibility index (Phi) is 5.74. The van der Waals surface area contributed by atoms with E-state index in [2.05, 4.69) is 5.32 Å². The number of hydrogen-bond donors (Lipinski definition) is 1. The summed E-state index contributed by atoms with van der Waals surface area (Å²) in [6.07, 6.45) is 1.31. The summed E-state index contributed by atoms with van der Waals surface area (Å²) in [5, 5.41) is 3.18. The van der Waals surface area contributed by atoms with Crippen molar-refractivity contribution in [3.8, 4) is 11.5 Å². The lowest BCUT2D eigenvalue weighted by molar-refractivity contribution is -0.137. The summed E-state index contributed by atoms with van der Waals surface area (Å²) in [6.45, 7) is 2.07. The van der Waals surface area contributed by atoms with Crippen LogP contribution in [0.1, 0.15) is 6.42 Å². The van der Waals surface area contributed by atoms with Gasteiger partial charge in [0, 0.05) is 38.3 Å². The maximum absolute atomic E-state index is 12.6. The number of carbonyl (C=O) groups is 3. The summed E-state index contributed by atoms with van der Waals surface area (Å²) in [6, 6.07) is 3.16. The Hall–Kier alpha value is -2.48. The van der Waals surface area contributed by atoms with E-state index in [0.717, 1.165) is 6.41 Å². The highest BCUT2D eigenvalue weighted by Crippen LogP contribution is 2.42. The smallest absolute Gasteiger partial charge is 0.228 e. The molecule has 2 atom stereocenters. The Morgan fingerprint density at radius 1 is 1.11 bits per heavy atom. The summed E-state index contributed by atoms with van der Waals surface area (Å²) in [5.74, 6) is -0.100. The third-order valence-electron chi connectivity index (χ3n) is 4.95. The number of nitrogens with one attached hydrogen (secondary N) is 1. The van der Waals surface area contributed by atoms with Crippen LogP contribution in [0.4, 0.5) is 5.69 Å². The molecular weight excluding hydrogens is 374 g/mol. The number of halogens is 1. The molecule has 0 bridgehead atoms. The van der Waals surface area contributed by atoms with Crippen LogP contribution in [0.2, 0.25) is 5.02 Å². The summed E-state index contributed by atoms with van der Waals surface area (Å²) in [5.41, 5.74) is 0.446. The van der Waals surface area contributed by atoms with E-state index in [0.29, 0.717) is 54.8 Å². The maximum Gasteiger partial charge on any atom is 0.228 e. The van der Waals surface area contributed by atoms with Gasteiger partial charge in [0.05, 0.1) is 36.8 Å². The minimum atomic E-state index is -0.368. The minimum absolute atomic E-state index is 0.0265. The fourth-order valence-corrected chi connectivity index (χ4v) is 3.45. The number of benzene rings is 1. The molecule has 146 valence electrons. The molecular formula is C18H22ClN3O5. The topological polar surface area (TPSA) is 88.2 Å². The van der Waals surface area contributed by atoms with E-state index in [1.165, 1.54) is 14.2 Å². The lowest BCUT2D eigenvalue weighted by Crippen LogP contribution is -2.48. The fourth-order valence-electron chi connectivity index (χ4n) is 3.22. The molecule has 1 heterocycles. The molecule has 0 radical (unpaired) electrons. The van der Waals surface area contributed by atoms with Gasteiger partial charge in [-0.3, -0.25) is 14.4 Å². The molecule has 0 aromatic heterocycles. The first-order valence-electron chi connectivity index (χ1n) is 8.69. The number of anilines is 1. The Balaban J connectivity index is 1.60. The molecule has 1 saturated heterocycles. The van der Waals surface area contributed by atoms with Crippen molar-refractivity contribution in [3.05, 3.63) is 17.2 Å². The standard InChI is InChI=1S/C18H22ClN3O5/c1-26-15-9-14(16(27-2)8-13(15)19)20-17(24)11-7-12(11)18(25)22-5-3-21(10-23)4-6-22/h8-12H,3-7H2,1-2H3,(H,20,24). The highest BCUT2D eigenvalue weighted by molar-refractivity contribution is 6.32. The van der Waals surface area contributed by atoms with Crippen molar-refractivity contribution in [3.63, 3.8) is 0 Å². The van der Waals surface area contributed by atoms with E-state index in [-0.39, 0.29) is 23.7 Å². The molecule has 3 amide bonds. The molecule has 27 heavy (non-hydrogen) atoms. The Labute approximate surface area is 162 Å². The quantitative estimate of drug-likeness (QED) is 0.732. The molecule has 1 saturated carbocycles. The number of carbonyl (C=O) groups excluding carboxylic acids is 3. The number of hydrogen-bond acceptors (Lipinski definition) is 5. The van der Waals surface area contributed by atoms with Crippen LogP contribution in [0.25, 0.3) is 0 Å². The van der Waals surface area contributed by atoms with E-state index >= 15 is 0 Å². The molecule has 1 N–H and O–H groups in total. The van der Waals surface area contributed by atoms with E-state index < -0.39 is 0 Å². The van der Waals surface area contributed by atoms with Crippen LogP contribution >= 0.6 is 11.6 Å². The lowest BCUT2D eigenvalue weighted by atomic mass is 10.2. The number of nitrogens with zero attached hydrogens (tertiary/aromatic N) is 2. The third kappa shape index (κ3) is 4.10. The molecule has 1 aliphatic carbocycles. The highest BCUT2D eigenvalue weighted by Gasteiger charge is 2.49. The predicted octanol–water partition coefficient (Wildman–Crippen LogP) is 1.23. The van der Waals surface area contributed by atoms with Gasteiger partial charge in [-0.15, -0.1) is 0 Å². The van der Waals surface area contributed by atoms with Crippen molar-refractivity contribution in [2.45, 2.75) is 6.42 Å². The average Bonchev–Trinajstić information content (AvgIpc) is 3.49. The molecule has 1 aliphatic heterocycles. The summed E-state index contributed by atoms with van der Waals surface area (Å²) in [4.78, 5) is 39.3. The van der Waals surface area contributed by atoms with Crippen molar-refractivity contribution in [2.75, 3.05) is 45.7 Å². The van der Waals surface area contributed by atoms with Gasteiger partial charge in [0.1, 0.15) is 11.5 Å². The van der Waals surface area contributed by atoms with Crippen LogP contribution in [-0.2, 0) is 14.4 Å². The number of methoxy groups -OCH3 is 2. The van der Waals surface area contributed by atoms with E-state index in [4.69, 9.17) is 21.1 Å². The van der Waals surface area contributed by atoms with Crippen LogP contribution in [0.3, 0.4) is 0 Å². The third-order valence-corrected chi connectivity index (χ3v) is 5.25. The maximum atomic E-state index is 12.6. The van der Waals surface area contributed by atoms with Gasteiger partial charge in [0.15, 0.2) is 0 Å². The molecule has 2 unspecified atom stereocenters. The molecule has 3 rings (SSSR count). The van der Waals surface area contributed by atoms with Gasteiger partial charge in [-0.2, -0.15) is 0 Å². The van der Waals surface area contributed by atoms with Gasteiger partial charge in [-0.25, -0.2) is 0 Å². The zero-order valence-electron chi connectivity index (χ0n) is 15.2. The van der Waals surface area contributed by atoms with Crippen molar-refractivity contribution >= 4 is 35.5 Å². The van der Waals surface area contributed by atoms with Crippen molar-refractivity contribution in [2.24, 2.45) is 11.8 Å². The van der Waals surface area contributed by atoms with Gasteiger partial charge < -0.3 is 24.6 Å². The van der Waals surface area contributed by atoms with Crippen LogP contribution < -0.4 is 14.8 Å². The summed E-state index contributed by atoms with van der Waals surface area (Å²) < 4.78 is 10.4. The number of piperazine rings is 1. The Morgan fingerprint density at radius 3 is 2.37 bits per heavy atom. The minimum Gasteiger partial charge on any atom is -0.495 e. The first kappa shape index (κ1) is 19.3. The lowest BCUT2D eigenvalue weighted by Gasteiger charge is -2.32. The van der Waals surface area contributed by atoms with Gasteiger partial charge in [-0.1, -0.05) is 11.6 Å². The van der Waals surface area contributed by atoms with Crippen molar-refractivity contribution in [1.29, 1.82) is 0 Å².